The van der Waals surface area contributed by atoms with Gasteiger partial charge in [-0.15, -0.1) is 10.2 Å². The smallest absolute Gasteiger partial charge is 0.330 e. The zero-order chi connectivity index (χ0) is 25.9. The molecule has 10 nitrogen and oxygen atoms in total. The van der Waals surface area contributed by atoms with E-state index >= 15 is 0 Å². The molecule has 0 saturated heterocycles. The highest BCUT2D eigenvalue weighted by Crippen LogP contribution is 2.26. The molecule has 3 rings (SSSR count). The molecule has 0 atom stereocenters. The number of nitrogens with one attached hydrogen (secondary N) is 1. The van der Waals surface area contributed by atoms with Crippen molar-refractivity contribution in [2.24, 2.45) is 11.8 Å². The van der Waals surface area contributed by atoms with Gasteiger partial charge in [0.05, 0.1) is 11.4 Å². The first-order valence-electron chi connectivity index (χ1n) is 11.5. The van der Waals surface area contributed by atoms with Crippen molar-refractivity contribution < 1.29 is 4.79 Å². The first-order valence-corrected chi connectivity index (χ1v) is 12.5. The Morgan fingerprint density at radius 1 is 1.11 bits per heavy atom. The van der Waals surface area contributed by atoms with Crippen molar-refractivity contribution in [2.45, 2.75) is 53.2 Å². The molecule has 1 aromatic carbocycles. The highest BCUT2D eigenvalue weighted by atomic mass is 32.2. The summed E-state index contributed by atoms with van der Waals surface area (Å²) >= 11 is 1.24. The van der Waals surface area contributed by atoms with Crippen LogP contribution in [0.5, 0.6) is 0 Å². The zero-order valence-corrected chi connectivity index (χ0v) is 21.8. The van der Waals surface area contributed by atoms with Crippen LogP contribution in [-0.4, -0.2) is 42.5 Å². The molecule has 0 fully saturated rings. The minimum Gasteiger partial charge on any atom is -0.383 e. The summed E-state index contributed by atoms with van der Waals surface area (Å²) in [7, 11) is 0. The van der Waals surface area contributed by atoms with Crippen LogP contribution in [0.1, 0.15) is 39.1 Å². The molecule has 0 aliphatic carbocycles. The average molecular weight is 500 g/mol. The predicted molar refractivity (Wildman–Crippen MR) is 139 cm³/mol. The topological polar surface area (TPSA) is 132 Å². The van der Waals surface area contributed by atoms with Gasteiger partial charge in [-0.2, -0.15) is 0 Å². The first-order chi connectivity index (χ1) is 16.5. The van der Waals surface area contributed by atoms with Crippen molar-refractivity contribution in [1.29, 1.82) is 0 Å². The second-order valence-corrected chi connectivity index (χ2v) is 10.3. The van der Waals surface area contributed by atoms with Crippen molar-refractivity contribution in [2.75, 3.05) is 22.9 Å². The summed E-state index contributed by atoms with van der Waals surface area (Å²) in [5.41, 5.74) is 7.02. The molecule has 188 valence electrons. The van der Waals surface area contributed by atoms with E-state index < -0.39 is 11.2 Å². The number of rotatable bonds is 9. The van der Waals surface area contributed by atoms with E-state index in [0.717, 1.165) is 11.3 Å². The highest BCUT2D eigenvalue weighted by Gasteiger charge is 2.26. The van der Waals surface area contributed by atoms with E-state index in [-0.39, 0.29) is 41.5 Å². The lowest BCUT2D eigenvalue weighted by atomic mass is 10.2. The van der Waals surface area contributed by atoms with Gasteiger partial charge in [0.15, 0.2) is 10.8 Å². The van der Waals surface area contributed by atoms with Crippen LogP contribution in [0.3, 0.4) is 0 Å². The maximum Gasteiger partial charge on any atom is 0.330 e. The minimum atomic E-state index is -0.676. The SMILES string of the molecule is Cc1ccccc1-n1c(C)nnc1SCC(=O)N(CC(C)C)c1c(N)n(CC(C)C)c(=O)[nH]c1=O. The van der Waals surface area contributed by atoms with Crippen LogP contribution < -0.4 is 21.9 Å². The molecular weight excluding hydrogens is 466 g/mol. The van der Waals surface area contributed by atoms with Crippen molar-refractivity contribution in [1.82, 2.24) is 24.3 Å². The van der Waals surface area contributed by atoms with Crippen LogP contribution in [0.4, 0.5) is 11.5 Å². The number of benzene rings is 1. The van der Waals surface area contributed by atoms with Gasteiger partial charge in [-0.3, -0.25) is 23.7 Å². The number of hydrogen-bond acceptors (Lipinski definition) is 7. The Morgan fingerprint density at radius 3 is 2.43 bits per heavy atom. The van der Waals surface area contributed by atoms with Crippen molar-refractivity contribution in [3.05, 3.63) is 56.5 Å². The van der Waals surface area contributed by atoms with E-state index in [9.17, 15) is 14.4 Å². The average Bonchev–Trinajstić information content (AvgIpc) is 3.14. The van der Waals surface area contributed by atoms with Gasteiger partial charge in [0, 0.05) is 13.1 Å². The summed E-state index contributed by atoms with van der Waals surface area (Å²) in [6.45, 7) is 12.2. The Morgan fingerprint density at radius 2 is 1.80 bits per heavy atom. The molecule has 1 amide bonds. The number of nitrogens with two attached hydrogens (primary N) is 1. The highest BCUT2D eigenvalue weighted by molar-refractivity contribution is 7.99. The van der Waals surface area contributed by atoms with Gasteiger partial charge >= 0.3 is 5.69 Å². The lowest BCUT2D eigenvalue weighted by Gasteiger charge is -2.26. The molecule has 0 unspecified atom stereocenters. The fourth-order valence-electron chi connectivity index (χ4n) is 3.80. The molecule has 0 aliphatic rings. The molecule has 3 aromatic rings. The van der Waals surface area contributed by atoms with E-state index in [1.54, 1.807) is 0 Å². The number of aromatic amines is 1. The van der Waals surface area contributed by atoms with E-state index in [4.69, 9.17) is 5.73 Å². The number of H-pyrrole nitrogens is 1. The van der Waals surface area contributed by atoms with E-state index in [0.29, 0.717) is 17.5 Å². The summed E-state index contributed by atoms with van der Waals surface area (Å²) in [5, 5.41) is 9.02. The summed E-state index contributed by atoms with van der Waals surface area (Å²) < 4.78 is 3.22. The Hall–Kier alpha value is -3.34. The number of nitrogen functional groups attached to an aromatic ring is 1. The molecule has 2 aromatic heterocycles. The van der Waals surface area contributed by atoms with Gasteiger partial charge in [-0.25, -0.2) is 4.79 Å². The molecule has 0 radical (unpaired) electrons. The number of carbonyl (C=O) groups excluding carboxylic acids is 1. The molecule has 11 heteroatoms. The second-order valence-electron chi connectivity index (χ2n) is 9.34. The fourth-order valence-corrected chi connectivity index (χ4v) is 4.67. The first kappa shape index (κ1) is 26.3. The molecule has 3 N–H and O–H groups in total. The predicted octanol–water partition coefficient (Wildman–Crippen LogP) is 2.75. The zero-order valence-electron chi connectivity index (χ0n) is 21.0. The standard InChI is InChI=1S/C24H33N7O3S/c1-14(2)11-29(20-21(25)30(12-15(3)4)23(34)26-22(20)33)19(32)13-35-24-28-27-17(6)31(24)18-10-8-7-9-16(18)5/h7-10,14-15H,11-13,25H2,1-6H3,(H,26,33,34). The van der Waals surface area contributed by atoms with Crippen molar-refractivity contribution in [3.63, 3.8) is 0 Å². The summed E-state index contributed by atoms with van der Waals surface area (Å²) in [6.07, 6.45) is 0. The normalized spacial score (nSPS) is 11.4. The lowest BCUT2D eigenvalue weighted by molar-refractivity contribution is -0.116. The van der Waals surface area contributed by atoms with Gasteiger partial charge in [-0.1, -0.05) is 57.7 Å². The maximum atomic E-state index is 13.4. The number of hydrogen-bond donors (Lipinski definition) is 2. The van der Waals surface area contributed by atoms with Gasteiger partial charge in [0.25, 0.3) is 5.56 Å². The molecular formula is C24H33N7O3S. The van der Waals surface area contributed by atoms with Crippen LogP contribution in [0, 0.1) is 25.7 Å². The molecule has 0 spiro atoms. The maximum absolute atomic E-state index is 13.4. The van der Waals surface area contributed by atoms with Crippen LogP contribution >= 0.6 is 11.8 Å². The lowest BCUT2D eigenvalue weighted by Crippen LogP contribution is -2.43. The number of amides is 1. The van der Waals surface area contributed by atoms with E-state index in [2.05, 4.69) is 15.2 Å². The molecule has 0 saturated carbocycles. The Kier molecular flexibility index (Phi) is 8.21. The largest absolute Gasteiger partial charge is 0.383 e. The van der Waals surface area contributed by atoms with Crippen LogP contribution in [-0.2, 0) is 11.3 Å². The summed E-state index contributed by atoms with van der Waals surface area (Å²) in [5.74, 6) is 0.576. The number of nitrogens with zero attached hydrogens (tertiary/aromatic N) is 5. The molecule has 0 aliphatic heterocycles. The Labute approximate surface area is 208 Å². The van der Waals surface area contributed by atoms with Crippen LogP contribution in [0.15, 0.2) is 39.0 Å². The number of aryl methyl sites for hydroxylation is 2. The molecule has 2 heterocycles. The van der Waals surface area contributed by atoms with Gasteiger partial charge in [0.2, 0.25) is 5.91 Å². The van der Waals surface area contributed by atoms with Gasteiger partial charge in [0.1, 0.15) is 11.6 Å². The number of carbonyl (C=O) groups is 1. The summed E-state index contributed by atoms with van der Waals surface area (Å²) in [6, 6.07) is 7.87. The number of aromatic nitrogens is 5. The Bertz CT molecular complexity index is 1320. The van der Waals surface area contributed by atoms with Crippen LogP contribution in [0.2, 0.25) is 0 Å². The quantitative estimate of drug-likeness (QED) is 0.433. The molecule has 35 heavy (non-hydrogen) atoms. The van der Waals surface area contributed by atoms with Crippen molar-refractivity contribution >= 4 is 29.2 Å². The Balaban J connectivity index is 1.95. The number of para-hydroxylation sites is 1. The van der Waals surface area contributed by atoms with Crippen molar-refractivity contribution in [3.8, 4) is 5.69 Å². The third-order valence-electron chi connectivity index (χ3n) is 5.36. The second kappa shape index (κ2) is 10.9. The minimum absolute atomic E-state index is 0.00102. The third-order valence-corrected chi connectivity index (χ3v) is 6.27. The van der Waals surface area contributed by atoms with E-state index in [1.165, 1.54) is 21.2 Å². The summed E-state index contributed by atoms with van der Waals surface area (Å²) in [4.78, 5) is 42.3. The van der Waals surface area contributed by atoms with Crippen LogP contribution in [0.25, 0.3) is 5.69 Å². The number of thioether (sulfide) groups is 1. The third kappa shape index (κ3) is 5.84. The van der Waals surface area contributed by atoms with Gasteiger partial charge in [-0.05, 0) is 37.3 Å². The fraction of sp³-hybridized carbons (Fsp3) is 0.458. The van der Waals surface area contributed by atoms with E-state index in [1.807, 2.05) is 70.4 Å². The molecule has 0 bridgehead atoms. The number of anilines is 2. The van der Waals surface area contributed by atoms with Gasteiger partial charge < -0.3 is 10.6 Å². The monoisotopic (exact) mass is 499 g/mol.